The number of amides is 1. The number of hydrogen-bond acceptors (Lipinski definition) is 4. The Morgan fingerprint density at radius 3 is 3.00 bits per heavy atom. The van der Waals surface area contributed by atoms with E-state index in [1.54, 1.807) is 6.07 Å². The first kappa shape index (κ1) is 12.3. The molecule has 1 fully saturated rings. The Labute approximate surface area is 104 Å². The van der Waals surface area contributed by atoms with Crippen molar-refractivity contribution in [2.24, 2.45) is 5.92 Å². The zero-order chi connectivity index (χ0) is 12.3. The van der Waals surface area contributed by atoms with Crippen molar-refractivity contribution < 1.29 is 14.3 Å². The number of rotatable bonds is 4. The minimum atomic E-state index is -0.397. The third kappa shape index (κ3) is 2.92. The highest BCUT2D eigenvalue weighted by atomic mass is 32.1. The second-order valence-electron chi connectivity index (χ2n) is 4.18. The largest absolute Gasteiger partial charge is 0.368 e. The van der Waals surface area contributed by atoms with Crippen LogP contribution in [0.2, 0.25) is 0 Å². The smallest absolute Gasteiger partial charge is 0.249 e. The van der Waals surface area contributed by atoms with Crippen LogP contribution in [-0.2, 0) is 9.53 Å². The maximum atomic E-state index is 11.7. The fourth-order valence-corrected chi connectivity index (χ4v) is 2.49. The monoisotopic (exact) mass is 253 g/mol. The van der Waals surface area contributed by atoms with Crippen LogP contribution < -0.4 is 5.32 Å². The topological polar surface area (TPSA) is 55.4 Å². The number of nitrogens with one attached hydrogen (secondary N) is 1. The lowest BCUT2D eigenvalue weighted by molar-refractivity contribution is -0.131. The average Bonchev–Trinajstić information content (AvgIpc) is 2.95. The van der Waals surface area contributed by atoms with Crippen molar-refractivity contribution in [2.45, 2.75) is 19.4 Å². The fourth-order valence-electron chi connectivity index (χ4n) is 1.82. The molecule has 0 radical (unpaired) electrons. The zero-order valence-electron chi connectivity index (χ0n) is 9.64. The number of ether oxygens (including phenoxy) is 1. The van der Waals surface area contributed by atoms with Crippen molar-refractivity contribution >= 4 is 23.0 Å². The molecule has 1 aliphatic heterocycles. The van der Waals surface area contributed by atoms with E-state index in [1.807, 2.05) is 18.4 Å². The molecular weight excluding hydrogens is 238 g/mol. The first-order chi connectivity index (χ1) is 8.18. The van der Waals surface area contributed by atoms with Crippen LogP contribution in [0.3, 0.4) is 0 Å². The van der Waals surface area contributed by atoms with Gasteiger partial charge in [0, 0.05) is 6.61 Å². The summed E-state index contributed by atoms with van der Waals surface area (Å²) in [5.41, 5.74) is 0. The number of carbonyl (C=O) groups excluding carboxylic acids is 2. The molecule has 4 nitrogen and oxygen atoms in total. The normalized spacial score (nSPS) is 23.6. The number of hydrogen-bond donors (Lipinski definition) is 1. The quantitative estimate of drug-likeness (QED) is 0.827. The van der Waals surface area contributed by atoms with Gasteiger partial charge in [0.2, 0.25) is 5.91 Å². The van der Waals surface area contributed by atoms with Crippen LogP contribution in [-0.4, -0.2) is 30.9 Å². The molecule has 1 aliphatic rings. The highest BCUT2D eigenvalue weighted by Gasteiger charge is 2.30. The molecule has 1 saturated heterocycles. The van der Waals surface area contributed by atoms with E-state index in [-0.39, 0.29) is 24.2 Å². The van der Waals surface area contributed by atoms with E-state index in [2.05, 4.69) is 5.32 Å². The SMILES string of the molecule is C[C@@H]1CCO[C@H]1C(=O)NCC(=O)c1cccs1. The summed E-state index contributed by atoms with van der Waals surface area (Å²) in [7, 11) is 0. The summed E-state index contributed by atoms with van der Waals surface area (Å²) in [6.07, 6.45) is 0.503. The predicted octanol–water partition coefficient (Wildman–Crippen LogP) is 1.47. The molecule has 0 saturated carbocycles. The lowest BCUT2D eigenvalue weighted by Gasteiger charge is -2.13. The summed E-state index contributed by atoms with van der Waals surface area (Å²) in [5, 5.41) is 4.48. The summed E-state index contributed by atoms with van der Waals surface area (Å²) in [5.74, 6) is -0.00857. The summed E-state index contributed by atoms with van der Waals surface area (Å²) in [4.78, 5) is 24.1. The molecule has 0 spiro atoms. The van der Waals surface area contributed by atoms with Gasteiger partial charge in [-0.3, -0.25) is 9.59 Å². The standard InChI is InChI=1S/C12H15NO3S/c1-8-4-5-16-11(8)12(15)13-7-9(14)10-3-2-6-17-10/h2-3,6,8,11H,4-5,7H2,1H3,(H,13,15)/t8-,11-/m1/s1. The van der Waals surface area contributed by atoms with Crippen LogP contribution in [0.5, 0.6) is 0 Å². The van der Waals surface area contributed by atoms with Gasteiger partial charge in [-0.15, -0.1) is 11.3 Å². The van der Waals surface area contributed by atoms with Crippen LogP contribution in [0.15, 0.2) is 17.5 Å². The fraction of sp³-hybridized carbons (Fsp3) is 0.500. The predicted molar refractivity (Wildman–Crippen MR) is 65.2 cm³/mol. The lowest BCUT2D eigenvalue weighted by atomic mass is 10.0. The van der Waals surface area contributed by atoms with Crippen molar-refractivity contribution in [2.75, 3.05) is 13.2 Å². The minimum absolute atomic E-state index is 0.0475. The molecular formula is C12H15NO3S. The van der Waals surface area contributed by atoms with Gasteiger partial charge in [0.05, 0.1) is 11.4 Å². The lowest BCUT2D eigenvalue weighted by Crippen LogP contribution is -2.39. The van der Waals surface area contributed by atoms with Crippen LogP contribution >= 0.6 is 11.3 Å². The van der Waals surface area contributed by atoms with E-state index in [1.165, 1.54) is 11.3 Å². The van der Waals surface area contributed by atoms with E-state index >= 15 is 0 Å². The van der Waals surface area contributed by atoms with Gasteiger partial charge in [0.25, 0.3) is 0 Å². The second-order valence-corrected chi connectivity index (χ2v) is 5.12. The Morgan fingerprint density at radius 1 is 1.59 bits per heavy atom. The molecule has 2 heterocycles. The molecule has 0 unspecified atom stereocenters. The molecule has 1 aromatic rings. The van der Waals surface area contributed by atoms with Gasteiger partial charge in [-0.2, -0.15) is 0 Å². The van der Waals surface area contributed by atoms with Crippen molar-refractivity contribution in [3.05, 3.63) is 22.4 Å². The zero-order valence-corrected chi connectivity index (χ0v) is 10.5. The van der Waals surface area contributed by atoms with Gasteiger partial charge in [-0.25, -0.2) is 0 Å². The summed E-state index contributed by atoms with van der Waals surface area (Å²) in [6.45, 7) is 2.66. The van der Waals surface area contributed by atoms with Crippen LogP contribution in [0, 0.1) is 5.92 Å². The third-order valence-electron chi connectivity index (χ3n) is 2.87. The van der Waals surface area contributed by atoms with Gasteiger partial charge in [0.15, 0.2) is 5.78 Å². The molecule has 0 aliphatic carbocycles. The molecule has 0 bridgehead atoms. The van der Waals surface area contributed by atoms with Crippen molar-refractivity contribution in [1.29, 1.82) is 0 Å². The summed E-state index contributed by atoms with van der Waals surface area (Å²) < 4.78 is 5.33. The third-order valence-corrected chi connectivity index (χ3v) is 3.78. The van der Waals surface area contributed by atoms with E-state index < -0.39 is 6.10 Å². The summed E-state index contributed by atoms with van der Waals surface area (Å²) >= 11 is 1.38. The highest BCUT2D eigenvalue weighted by Crippen LogP contribution is 2.19. The molecule has 5 heteroatoms. The van der Waals surface area contributed by atoms with Crippen molar-refractivity contribution in [3.63, 3.8) is 0 Å². The van der Waals surface area contributed by atoms with E-state index in [0.717, 1.165) is 6.42 Å². The molecule has 1 amide bonds. The molecule has 2 rings (SSSR count). The molecule has 1 N–H and O–H groups in total. The van der Waals surface area contributed by atoms with Gasteiger partial charge in [-0.05, 0) is 23.8 Å². The Balaban J connectivity index is 1.82. The number of thiophene rings is 1. The van der Waals surface area contributed by atoms with Crippen LogP contribution in [0.25, 0.3) is 0 Å². The van der Waals surface area contributed by atoms with E-state index in [4.69, 9.17) is 4.74 Å². The van der Waals surface area contributed by atoms with Gasteiger partial charge in [0.1, 0.15) is 6.10 Å². The second kappa shape index (κ2) is 5.42. The van der Waals surface area contributed by atoms with Gasteiger partial charge in [-0.1, -0.05) is 13.0 Å². The Morgan fingerprint density at radius 2 is 2.41 bits per heavy atom. The van der Waals surface area contributed by atoms with Gasteiger partial charge >= 0.3 is 0 Å². The van der Waals surface area contributed by atoms with Gasteiger partial charge < -0.3 is 10.1 Å². The molecule has 1 aromatic heterocycles. The van der Waals surface area contributed by atoms with E-state index in [9.17, 15) is 9.59 Å². The molecule has 92 valence electrons. The first-order valence-electron chi connectivity index (χ1n) is 5.64. The molecule has 0 aromatic carbocycles. The molecule has 17 heavy (non-hydrogen) atoms. The Hall–Kier alpha value is -1.20. The maximum Gasteiger partial charge on any atom is 0.249 e. The summed E-state index contributed by atoms with van der Waals surface area (Å²) in [6, 6.07) is 3.58. The minimum Gasteiger partial charge on any atom is -0.368 e. The van der Waals surface area contributed by atoms with Crippen LogP contribution in [0.1, 0.15) is 23.0 Å². The Kier molecular flexibility index (Phi) is 3.91. The number of Topliss-reactive ketones (excluding diaryl/α,β-unsaturated/α-hetero) is 1. The average molecular weight is 253 g/mol. The van der Waals surface area contributed by atoms with Crippen molar-refractivity contribution in [1.82, 2.24) is 5.32 Å². The Bertz CT molecular complexity index is 402. The highest BCUT2D eigenvalue weighted by molar-refractivity contribution is 7.12. The van der Waals surface area contributed by atoms with Crippen molar-refractivity contribution in [3.8, 4) is 0 Å². The number of ketones is 1. The van der Waals surface area contributed by atoms with E-state index in [0.29, 0.717) is 11.5 Å². The molecule has 2 atom stereocenters. The maximum absolute atomic E-state index is 11.7. The number of carbonyl (C=O) groups is 2. The first-order valence-corrected chi connectivity index (χ1v) is 6.52. The van der Waals surface area contributed by atoms with Crippen LogP contribution in [0.4, 0.5) is 0 Å².